The van der Waals surface area contributed by atoms with Crippen LogP contribution in [-0.2, 0) is 10.3 Å². The first-order valence-corrected chi connectivity index (χ1v) is 7.14. The lowest BCUT2D eigenvalue weighted by Gasteiger charge is -2.22. The summed E-state index contributed by atoms with van der Waals surface area (Å²) in [4.78, 5) is 0. The lowest BCUT2D eigenvalue weighted by molar-refractivity contribution is -0.0620. The van der Waals surface area contributed by atoms with Crippen molar-refractivity contribution >= 4 is 22.6 Å². The molecule has 1 N–H and O–H groups in total. The van der Waals surface area contributed by atoms with Crippen molar-refractivity contribution in [1.29, 1.82) is 0 Å². The fourth-order valence-corrected chi connectivity index (χ4v) is 2.06. The van der Waals surface area contributed by atoms with Crippen molar-refractivity contribution in [1.82, 2.24) is 0 Å². The van der Waals surface area contributed by atoms with Gasteiger partial charge in [-0.2, -0.15) is 0 Å². The first-order valence-electron chi connectivity index (χ1n) is 6.07. The molecule has 0 saturated carbocycles. The van der Waals surface area contributed by atoms with Gasteiger partial charge in [0.1, 0.15) is 5.75 Å². The Labute approximate surface area is 123 Å². The van der Waals surface area contributed by atoms with Crippen LogP contribution >= 0.6 is 22.6 Å². The molecule has 0 spiro atoms. The van der Waals surface area contributed by atoms with E-state index in [9.17, 15) is 5.11 Å². The minimum Gasteiger partial charge on any atom is -0.464 e. The highest BCUT2D eigenvalue weighted by Crippen LogP contribution is 2.31. The van der Waals surface area contributed by atoms with Crippen molar-refractivity contribution in [3.8, 4) is 5.75 Å². The molecule has 1 rings (SSSR count). The van der Waals surface area contributed by atoms with Crippen molar-refractivity contribution in [3.05, 3.63) is 26.8 Å². The molecule has 1 aromatic rings. The number of hydrogen-bond donors (Lipinski definition) is 1. The Balaban J connectivity index is 3.07. The second-order valence-corrected chi connectivity index (χ2v) is 5.88. The van der Waals surface area contributed by atoms with E-state index in [-0.39, 0.29) is 6.29 Å². The Morgan fingerprint density at radius 3 is 2.50 bits per heavy atom. The Hall–Kier alpha value is -0.330. The van der Waals surface area contributed by atoms with Crippen LogP contribution in [0.15, 0.2) is 12.1 Å². The lowest BCUT2D eigenvalue weighted by atomic mass is 9.96. The molecule has 0 heterocycles. The van der Waals surface area contributed by atoms with Crippen molar-refractivity contribution in [2.24, 2.45) is 0 Å². The molecule has 0 aliphatic rings. The molecule has 0 aliphatic carbocycles. The zero-order valence-corrected chi connectivity index (χ0v) is 13.7. The average Bonchev–Trinajstić information content (AvgIpc) is 2.23. The first kappa shape index (κ1) is 15.7. The Morgan fingerprint density at radius 2 is 2.00 bits per heavy atom. The summed E-state index contributed by atoms with van der Waals surface area (Å²) < 4.78 is 12.2. The van der Waals surface area contributed by atoms with Gasteiger partial charge in [0, 0.05) is 6.61 Å². The third-order valence-corrected chi connectivity index (χ3v) is 4.00. The van der Waals surface area contributed by atoms with Crippen LogP contribution in [0.25, 0.3) is 0 Å². The topological polar surface area (TPSA) is 38.7 Å². The van der Waals surface area contributed by atoms with Crippen LogP contribution in [0.5, 0.6) is 5.75 Å². The summed E-state index contributed by atoms with van der Waals surface area (Å²) in [5, 5.41) is 10.1. The molecule has 0 amide bonds. The number of aliphatic hydroxyl groups is 1. The molecule has 1 atom stereocenters. The summed E-state index contributed by atoms with van der Waals surface area (Å²) in [5.74, 6) is 0.758. The molecule has 4 heteroatoms. The van der Waals surface area contributed by atoms with E-state index in [1.807, 2.05) is 32.9 Å². The first-order chi connectivity index (χ1) is 8.25. The van der Waals surface area contributed by atoms with E-state index in [4.69, 9.17) is 9.47 Å². The quantitative estimate of drug-likeness (QED) is 0.641. The van der Waals surface area contributed by atoms with Crippen LogP contribution in [0.3, 0.4) is 0 Å². The minimum atomic E-state index is -0.873. The molecule has 0 aliphatic heterocycles. The number of hydrogen-bond acceptors (Lipinski definition) is 3. The van der Waals surface area contributed by atoms with Crippen molar-refractivity contribution in [2.75, 3.05) is 6.61 Å². The molecule has 18 heavy (non-hydrogen) atoms. The summed E-state index contributed by atoms with van der Waals surface area (Å²) in [7, 11) is 0. The van der Waals surface area contributed by atoms with Gasteiger partial charge in [-0.05, 0) is 74.4 Å². The number of halogens is 1. The van der Waals surface area contributed by atoms with Gasteiger partial charge < -0.3 is 14.6 Å². The van der Waals surface area contributed by atoms with Crippen molar-refractivity contribution < 1.29 is 14.6 Å². The van der Waals surface area contributed by atoms with E-state index in [0.29, 0.717) is 6.61 Å². The van der Waals surface area contributed by atoms with Gasteiger partial charge in [-0.25, -0.2) is 0 Å². The van der Waals surface area contributed by atoms with E-state index in [1.165, 1.54) is 0 Å². The lowest BCUT2D eigenvalue weighted by Crippen LogP contribution is -2.19. The standard InChI is InChI=1S/C14H21IO3/c1-6-17-10(3)18-12-8-11(14(4,5)16)7-9(2)13(12)15/h7-8,10,16H,6H2,1-5H3. The molecule has 0 fully saturated rings. The maximum Gasteiger partial charge on any atom is 0.197 e. The molecule has 0 bridgehead atoms. The number of aryl methyl sites for hydroxylation is 1. The maximum atomic E-state index is 10.1. The molecule has 102 valence electrons. The fourth-order valence-electron chi connectivity index (χ4n) is 1.62. The van der Waals surface area contributed by atoms with Crippen molar-refractivity contribution in [3.63, 3.8) is 0 Å². The normalized spacial score (nSPS) is 13.5. The number of benzene rings is 1. The number of rotatable bonds is 5. The monoisotopic (exact) mass is 364 g/mol. The van der Waals surface area contributed by atoms with Crippen LogP contribution < -0.4 is 4.74 Å². The van der Waals surface area contributed by atoms with Crippen molar-refractivity contribution in [2.45, 2.75) is 46.5 Å². The smallest absolute Gasteiger partial charge is 0.197 e. The fraction of sp³-hybridized carbons (Fsp3) is 0.571. The summed E-state index contributed by atoms with van der Waals surface area (Å²) in [6, 6.07) is 3.87. The summed E-state index contributed by atoms with van der Waals surface area (Å²) in [5.41, 5.74) is 1.07. The highest BCUT2D eigenvalue weighted by Gasteiger charge is 2.20. The Bertz CT molecular complexity index is 410. The summed E-state index contributed by atoms with van der Waals surface area (Å²) >= 11 is 2.25. The van der Waals surface area contributed by atoms with Crippen LogP contribution in [-0.4, -0.2) is 18.0 Å². The SMILES string of the molecule is CCOC(C)Oc1cc(C(C)(C)O)cc(C)c1I. The zero-order chi connectivity index (χ0) is 13.9. The highest BCUT2D eigenvalue weighted by atomic mass is 127. The summed E-state index contributed by atoms with van der Waals surface area (Å²) in [6.45, 7) is 9.96. The zero-order valence-electron chi connectivity index (χ0n) is 11.6. The molecule has 3 nitrogen and oxygen atoms in total. The van der Waals surface area contributed by atoms with Crippen LogP contribution in [0.4, 0.5) is 0 Å². The molecule has 0 aromatic heterocycles. The van der Waals surface area contributed by atoms with Crippen LogP contribution in [0.2, 0.25) is 0 Å². The van der Waals surface area contributed by atoms with Gasteiger partial charge in [-0.15, -0.1) is 0 Å². The van der Waals surface area contributed by atoms with E-state index < -0.39 is 5.60 Å². The Kier molecular flexibility index (Phi) is 5.43. The third kappa shape index (κ3) is 4.10. The molecule has 1 unspecified atom stereocenters. The minimum absolute atomic E-state index is 0.292. The number of ether oxygens (including phenoxy) is 2. The van der Waals surface area contributed by atoms with Gasteiger partial charge >= 0.3 is 0 Å². The molecule has 0 saturated heterocycles. The van der Waals surface area contributed by atoms with Gasteiger partial charge in [-0.1, -0.05) is 6.07 Å². The van der Waals surface area contributed by atoms with Gasteiger partial charge in [0.25, 0.3) is 0 Å². The van der Waals surface area contributed by atoms with Crippen LogP contribution in [0.1, 0.15) is 38.8 Å². The third-order valence-electron chi connectivity index (χ3n) is 2.62. The van der Waals surface area contributed by atoms with Crippen LogP contribution in [0, 0.1) is 10.5 Å². The van der Waals surface area contributed by atoms with Gasteiger partial charge in [0.15, 0.2) is 6.29 Å². The molecule has 1 aromatic carbocycles. The van der Waals surface area contributed by atoms with E-state index in [1.54, 1.807) is 13.8 Å². The van der Waals surface area contributed by atoms with E-state index in [2.05, 4.69) is 22.6 Å². The van der Waals surface area contributed by atoms with Gasteiger partial charge in [0.2, 0.25) is 0 Å². The predicted molar refractivity (Wildman–Crippen MR) is 80.9 cm³/mol. The maximum absolute atomic E-state index is 10.1. The van der Waals surface area contributed by atoms with Gasteiger partial charge in [-0.3, -0.25) is 0 Å². The van der Waals surface area contributed by atoms with E-state index in [0.717, 1.165) is 20.4 Å². The predicted octanol–water partition coefficient (Wildman–Crippen LogP) is 3.59. The largest absolute Gasteiger partial charge is 0.464 e. The highest BCUT2D eigenvalue weighted by molar-refractivity contribution is 14.1. The molecule has 0 radical (unpaired) electrons. The van der Waals surface area contributed by atoms with Gasteiger partial charge in [0.05, 0.1) is 9.17 Å². The average molecular weight is 364 g/mol. The van der Waals surface area contributed by atoms with E-state index >= 15 is 0 Å². The summed E-state index contributed by atoms with van der Waals surface area (Å²) in [6.07, 6.45) is -0.292. The second-order valence-electron chi connectivity index (χ2n) is 4.81. The Morgan fingerprint density at radius 1 is 1.39 bits per heavy atom. The second kappa shape index (κ2) is 6.21. The molecular formula is C14H21IO3. The molecular weight excluding hydrogens is 343 g/mol.